The van der Waals surface area contributed by atoms with Gasteiger partial charge < -0.3 is 16.0 Å². The molecule has 1 heterocycles. The maximum absolute atomic E-state index is 12.0. The minimum absolute atomic E-state index is 0.316. The molecule has 1 aliphatic rings. The van der Waals surface area contributed by atoms with E-state index in [9.17, 15) is 4.79 Å². The van der Waals surface area contributed by atoms with E-state index in [1.54, 1.807) is 24.3 Å². The molecule has 0 aliphatic carbocycles. The van der Waals surface area contributed by atoms with E-state index in [4.69, 9.17) is 7.85 Å². The minimum Gasteiger partial charge on any atom is -0.368 e. The van der Waals surface area contributed by atoms with E-state index in [0.717, 1.165) is 24.5 Å². The highest BCUT2D eigenvalue weighted by atomic mass is 16.2. The molecule has 0 saturated heterocycles. The van der Waals surface area contributed by atoms with Crippen LogP contribution in [0.15, 0.2) is 53.5 Å². The summed E-state index contributed by atoms with van der Waals surface area (Å²) in [7, 11) is 5.68. The van der Waals surface area contributed by atoms with Crippen LogP contribution in [0.25, 0.3) is 0 Å². The van der Waals surface area contributed by atoms with E-state index in [1.807, 2.05) is 24.3 Å². The third-order valence-electron chi connectivity index (χ3n) is 3.21. The molecule has 3 N–H and O–H groups in total. The van der Waals surface area contributed by atoms with Gasteiger partial charge in [0.2, 0.25) is 0 Å². The molecule has 6 heteroatoms. The number of nitrogens with zero attached hydrogens (tertiary/aromatic N) is 1. The van der Waals surface area contributed by atoms with E-state index in [1.165, 1.54) is 0 Å². The molecule has 2 amide bonds. The number of amidine groups is 1. The van der Waals surface area contributed by atoms with Gasteiger partial charge in [0, 0.05) is 23.5 Å². The zero-order valence-electron chi connectivity index (χ0n) is 12.0. The lowest BCUT2D eigenvalue weighted by molar-refractivity contribution is 0.262. The largest absolute Gasteiger partial charge is 0.368 e. The molecule has 5 nitrogen and oxygen atoms in total. The second-order valence-corrected chi connectivity index (χ2v) is 4.94. The van der Waals surface area contributed by atoms with Crippen molar-refractivity contribution >= 4 is 36.6 Å². The quantitative estimate of drug-likeness (QED) is 0.750. The summed E-state index contributed by atoms with van der Waals surface area (Å²) in [5.74, 6) is 0.861. The van der Waals surface area contributed by atoms with Crippen LogP contribution in [-0.4, -0.2) is 32.8 Å². The normalized spacial score (nSPS) is 13.2. The number of aliphatic imine (C=N–C) groups is 1. The number of amides is 2. The number of nitrogens with one attached hydrogen (secondary N) is 3. The van der Waals surface area contributed by atoms with E-state index in [2.05, 4.69) is 20.9 Å². The molecule has 0 aromatic heterocycles. The summed E-state index contributed by atoms with van der Waals surface area (Å²) in [5.41, 5.74) is 2.91. The molecule has 0 atom stereocenters. The van der Waals surface area contributed by atoms with Crippen molar-refractivity contribution in [2.75, 3.05) is 23.7 Å². The van der Waals surface area contributed by atoms with Gasteiger partial charge in [0.25, 0.3) is 0 Å². The fourth-order valence-electron chi connectivity index (χ4n) is 2.25. The number of carbonyl (C=O) groups excluding carboxylic acids is 1. The SMILES string of the molecule is [B]c1cccc(NC(=O)Nc2cccc(C3=NCCN3)c2)c1. The number of carbonyl (C=O) groups is 1. The fraction of sp³-hybridized carbons (Fsp3) is 0.125. The molecule has 22 heavy (non-hydrogen) atoms. The van der Waals surface area contributed by atoms with Crippen LogP contribution in [0.2, 0.25) is 0 Å². The number of urea groups is 1. The van der Waals surface area contributed by atoms with E-state index in [-0.39, 0.29) is 6.03 Å². The van der Waals surface area contributed by atoms with Crippen molar-refractivity contribution in [1.29, 1.82) is 0 Å². The summed E-state index contributed by atoms with van der Waals surface area (Å²) >= 11 is 0. The molecule has 0 fully saturated rings. The Morgan fingerprint density at radius 1 is 1.09 bits per heavy atom. The Balaban J connectivity index is 1.67. The highest BCUT2D eigenvalue weighted by Crippen LogP contribution is 2.13. The van der Waals surface area contributed by atoms with E-state index < -0.39 is 0 Å². The molecule has 0 unspecified atom stereocenters. The highest BCUT2D eigenvalue weighted by Gasteiger charge is 2.09. The second kappa shape index (κ2) is 6.34. The average Bonchev–Trinajstić information content (AvgIpc) is 3.01. The van der Waals surface area contributed by atoms with Crippen molar-refractivity contribution in [3.8, 4) is 0 Å². The van der Waals surface area contributed by atoms with Crippen LogP contribution >= 0.6 is 0 Å². The van der Waals surface area contributed by atoms with Gasteiger partial charge >= 0.3 is 6.03 Å². The molecule has 2 aromatic carbocycles. The lowest BCUT2D eigenvalue weighted by Gasteiger charge is -2.10. The van der Waals surface area contributed by atoms with Gasteiger partial charge in [-0.2, -0.15) is 0 Å². The van der Waals surface area contributed by atoms with Crippen molar-refractivity contribution in [2.45, 2.75) is 0 Å². The summed E-state index contributed by atoms with van der Waals surface area (Å²) in [5, 5.41) is 8.75. The molecule has 3 rings (SSSR count). The third kappa shape index (κ3) is 3.46. The van der Waals surface area contributed by atoms with Crippen LogP contribution in [-0.2, 0) is 0 Å². The topological polar surface area (TPSA) is 65.5 Å². The van der Waals surface area contributed by atoms with Crippen molar-refractivity contribution < 1.29 is 4.79 Å². The van der Waals surface area contributed by atoms with Gasteiger partial charge in [-0.3, -0.25) is 4.99 Å². The lowest BCUT2D eigenvalue weighted by atomic mass is 9.96. The van der Waals surface area contributed by atoms with Crippen LogP contribution in [0, 0.1) is 0 Å². The zero-order chi connectivity index (χ0) is 15.4. The van der Waals surface area contributed by atoms with Crippen LogP contribution in [0.4, 0.5) is 16.2 Å². The Kier molecular flexibility index (Phi) is 4.09. The van der Waals surface area contributed by atoms with Crippen LogP contribution in [0.5, 0.6) is 0 Å². The van der Waals surface area contributed by atoms with Gasteiger partial charge in [-0.1, -0.05) is 29.7 Å². The minimum atomic E-state index is -0.316. The number of benzene rings is 2. The van der Waals surface area contributed by atoms with Gasteiger partial charge in [-0.05, 0) is 24.3 Å². The summed E-state index contributed by atoms with van der Waals surface area (Å²) in [6, 6.07) is 14.3. The fourth-order valence-corrected chi connectivity index (χ4v) is 2.25. The maximum Gasteiger partial charge on any atom is 0.323 e. The Labute approximate surface area is 130 Å². The summed E-state index contributed by atoms with van der Waals surface area (Å²) < 4.78 is 0. The van der Waals surface area contributed by atoms with E-state index >= 15 is 0 Å². The lowest BCUT2D eigenvalue weighted by Crippen LogP contribution is -2.22. The second-order valence-electron chi connectivity index (χ2n) is 4.94. The summed E-state index contributed by atoms with van der Waals surface area (Å²) in [4.78, 5) is 16.4. The molecule has 2 aromatic rings. The Morgan fingerprint density at radius 3 is 2.50 bits per heavy atom. The zero-order valence-corrected chi connectivity index (χ0v) is 12.0. The Morgan fingerprint density at radius 2 is 1.82 bits per heavy atom. The van der Waals surface area contributed by atoms with E-state index in [0.29, 0.717) is 16.8 Å². The molecule has 0 saturated carbocycles. The molecule has 0 spiro atoms. The first-order valence-electron chi connectivity index (χ1n) is 7.03. The highest BCUT2D eigenvalue weighted by molar-refractivity contribution is 6.32. The predicted octanol–water partition coefficient (Wildman–Crippen LogP) is 1.47. The standard InChI is InChI=1S/C16H15BN4O/c17-12-4-2-6-14(10-12)21-16(22)20-13-5-1-3-11(9-13)15-18-7-8-19-15/h1-6,9-10H,7-8H2,(H,18,19)(H2,20,21,22). The Bertz CT molecular complexity index is 730. The van der Waals surface area contributed by atoms with Crippen molar-refractivity contribution in [3.63, 3.8) is 0 Å². The van der Waals surface area contributed by atoms with Gasteiger partial charge in [-0.25, -0.2) is 4.79 Å². The molecular formula is C16H15BN4O. The predicted molar refractivity (Wildman–Crippen MR) is 90.3 cm³/mol. The molecule has 108 valence electrons. The summed E-state index contributed by atoms with van der Waals surface area (Å²) in [6.45, 7) is 1.63. The first kappa shape index (κ1) is 14.2. The average molecular weight is 290 g/mol. The van der Waals surface area contributed by atoms with Crippen LogP contribution < -0.4 is 21.4 Å². The third-order valence-corrected chi connectivity index (χ3v) is 3.21. The monoisotopic (exact) mass is 290 g/mol. The molecule has 2 radical (unpaired) electrons. The molecule has 0 bridgehead atoms. The number of hydrogen-bond acceptors (Lipinski definition) is 3. The Hall–Kier alpha value is -2.76. The summed E-state index contributed by atoms with van der Waals surface area (Å²) in [6.07, 6.45) is 0. The van der Waals surface area contributed by atoms with Gasteiger partial charge in [0.15, 0.2) is 0 Å². The van der Waals surface area contributed by atoms with Gasteiger partial charge in [0.05, 0.1) is 6.54 Å². The molecule has 1 aliphatic heterocycles. The first-order chi connectivity index (χ1) is 10.7. The maximum atomic E-state index is 12.0. The van der Waals surface area contributed by atoms with Gasteiger partial charge in [0.1, 0.15) is 13.7 Å². The van der Waals surface area contributed by atoms with Gasteiger partial charge in [-0.15, -0.1) is 0 Å². The van der Waals surface area contributed by atoms with Crippen LogP contribution in [0.1, 0.15) is 5.56 Å². The number of rotatable bonds is 3. The number of anilines is 2. The number of hydrogen-bond donors (Lipinski definition) is 3. The molecular weight excluding hydrogens is 275 g/mol. The van der Waals surface area contributed by atoms with Crippen molar-refractivity contribution in [1.82, 2.24) is 5.32 Å². The first-order valence-corrected chi connectivity index (χ1v) is 7.03. The van der Waals surface area contributed by atoms with Crippen molar-refractivity contribution in [3.05, 3.63) is 54.1 Å². The van der Waals surface area contributed by atoms with Crippen LogP contribution in [0.3, 0.4) is 0 Å². The van der Waals surface area contributed by atoms with Crippen molar-refractivity contribution in [2.24, 2.45) is 4.99 Å². The smallest absolute Gasteiger partial charge is 0.323 e.